The first-order chi connectivity index (χ1) is 13.1. The molecular weight excluding hydrogens is 347 g/mol. The zero-order valence-electron chi connectivity index (χ0n) is 14.9. The summed E-state index contributed by atoms with van der Waals surface area (Å²) in [5.74, 6) is 4.95. The summed E-state index contributed by atoms with van der Waals surface area (Å²) in [6.07, 6.45) is 0.151. The Hall–Kier alpha value is -3.33. The zero-order valence-corrected chi connectivity index (χ0v) is 14.9. The third-order valence-corrected chi connectivity index (χ3v) is 4.33. The zero-order chi connectivity index (χ0) is 19.2. The minimum Gasteiger partial charge on any atom is -0.497 e. The fourth-order valence-corrected chi connectivity index (χ4v) is 2.87. The number of hydrogen-bond donors (Lipinski definition) is 1. The van der Waals surface area contributed by atoms with Crippen LogP contribution in [-0.4, -0.2) is 32.0 Å². The molecule has 6 heteroatoms. The van der Waals surface area contributed by atoms with E-state index in [2.05, 4.69) is 17.2 Å². The van der Waals surface area contributed by atoms with Crippen LogP contribution in [0.4, 0.5) is 10.1 Å². The Morgan fingerprint density at radius 3 is 2.70 bits per heavy atom. The second kappa shape index (κ2) is 8.37. The van der Waals surface area contributed by atoms with E-state index in [1.54, 1.807) is 54.5 Å². The maximum Gasteiger partial charge on any atom is 0.227 e. The summed E-state index contributed by atoms with van der Waals surface area (Å²) in [4.78, 5) is 26.1. The molecule has 2 aromatic carbocycles. The van der Waals surface area contributed by atoms with Crippen molar-refractivity contribution in [2.45, 2.75) is 6.42 Å². The van der Waals surface area contributed by atoms with Gasteiger partial charge in [-0.05, 0) is 36.4 Å². The van der Waals surface area contributed by atoms with Crippen LogP contribution in [-0.2, 0) is 9.59 Å². The molecule has 3 rings (SSSR count). The van der Waals surface area contributed by atoms with E-state index in [0.29, 0.717) is 12.3 Å². The molecule has 0 spiro atoms. The van der Waals surface area contributed by atoms with Crippen molar-refractivity contribution >= 4 is 17.5 Å². The number of nitrogens with zero attached hydrogens (tertiary/aromatic N) is 1. The van der Waals surface area contributed by atoms with Crippen LogP contribution in [0.15, 0.2) is 48.5 Å². The predicted octanol–water partition coefficient (Wildman–Crippen LogP) is 2.36. The molecule has 0 aliphatic carbocycles. The van der Waals surface area contributed by atoms with E-state index < -0.39 is 11.7 Å². The van der Waals surface area contributed by atoms with E-state index in [0.717, 1.165) is 5.69 Å². The molecule has 1 aliphatic heterocycles. The van der Waals surface area contributed by atoms with Crippen LogP contribution in [0.25, 0.3) is 0 Å². The molecule has 1 aliphatic rings. The van der Waals surface area contributed by atoms with Crippen molar-refractivity contribution in [1.29, 1.82) is 0 Å². The standard InChI is InChI=1S/C21H19FN2O3/c1-27-18-10-8-17(9-11-18)24-14-16(13-20(24)25)21(26)23-12-4-6-15-5-2-3-7-19(15)22/h2-3,5,7-11,16H,12-14H2,1H3,(H,23,26). The summed E-state index contributed by atoms with van der Waals surface area (Å²) in [5.41, 5.74) is 1.02. The van der Waals surface area contributed by atoms with Crippen molar-refractivity contribution in [3.8, 4) is 17.6 Å². The number of nitrogens with one attached hydrogen (secondary N) is 1. The van der Waals surface area contributed by atoms with Gasteiger partial charge in [0, 0.05) is 18.7 Å². The van der Waals surface area contributed by atoms with Crippen molar-refractivity contribution in [1.82, 2.24) is 5.32 Å². The molecule has 2 amide bonds. The highest BCUT2D eigenvalue weighted by molar-refractivity contribution is 6.00. The maximum atomic E-state index is 13.5. The second-order valence-electron chi connectivity index (χ2n) is 6.10. The van der Waals surface area contributed by atoms with Crippen LogP contribution in [0.1, 0.15) is 12.0 Å². The molecular formula is C21H19FN2O3. The van der Waals surface area contributed by atoms with E-state index in [1.807, 2.05) is 0 Å². The summed E-state index contributed by atoms with van der Waals surface area (Å²) in [6.45, 7) is 0.415. The van der Waals surface area contributed by atoms with Gasteiger partial charge in [-0.2, -0.15) is 0 Å². The molecule has 27 heavy (non-hydrogen) atoms. The molecule has 0 aromatic heterocycles. The Morgan fingerprint density at radius 2 is 2.00 bits per heavy atom. The van der Waals surface area contributed by atoms with E-state index in [9.17, 15) is 14.0 Å². The van der Waals surface area contributed by atoms with Gasteiger partial charge < -0.3 is 15.0 Å². The molecule has 1 saturated heterocycles. The maximum absolute atomic E-state index is 13.5. The Labute approximate surface area is 157 Å². The highest BCUT2D eigenvalue weighted by Gasteiger charge is 2.34. The fourth-order valence-electron chi connectivity index (χ4n) is 2.87. The summed E-state index contributed by atoms with van der Waals surface area (Å²) < 4.78 is 18.6. The van der Waals surface area contributed by atoms with Crippen molar-refractivity contribution in [2.24, 2.45) is 5.92 Å². The normalized spacial score (nSPS) is 15.9. The summed E-state index contributed by atoms with van der Waals surface area (Å²) in [5, 5.41) is 2.69. The Morgan fingerprint density at radius 1 is 1.26 bits per heavy atom. The number of carbonyl (C=O) groups excluding carboxylic acids is 2. The smallest absolute Gasteiger partial charge is 0.227 e. The van der Waals surface area contributed by atoms with Crippen molar-refractivity contribution in [3.63, 3.8) is 0 Å². The number of ether oxygens (including phenoxy) is 1. The highest BCUT2D eigenvalue weighted by atomic mass is 19.1. The van der Waals surface area contributed by atoms with Gasteiger partial charge in [-0.25, -0.2) is 4.39 Å². The van der Waals surface area contributed by atoms with Crippen molar-refractivity contribution in [2.75, 3.05) is 25.1 Å². The predicted molar refractivity (Wildman–Crippen MR) is 99.7 cm³/mol. The Kier molecular flexibility index (Phi) is 5.72. The molecule has 2 aromatic rings. The third-order valence-electron chi connectivity index (χ3n) is 4.33. The largest absolute Gasteiger partial charge is 0.497 e. The SMILES string of the molecule is COc1ccc(N2CC(C(=O)NCC#Cc3ccccc3F)CC2=O)cc1. The minimum absolute atomic E-state index is 0.0976. The molecule has 1 N–H and O–H groups in total. The van der Waals surface area contributed by atoms with Gasteiger partial charge in [0.1, 0.15) is 11.6 Å². The second-order valence-corrected chi connectivity index (χ2v) is 6.10. The lowest BCUT2D eigenvalue weighted by molar-refractivity contribution is -0.126. The quantitative estimate of drug-likeness (QED) is 0.845. The highest BCUT2D eigenvalue weighted by Crippen LogP contribution is 2.26. The number of carbonyl (C=O) groups is 2. The molecule has 138 valence electrons. The van der Waals surface area contributed by atoms with Gasteiger partial charge in [0.25, 0.3) is 0 Å². The first-order valence-corrected chi connectivity index (χ1v) is 8.54. The van der Waals surface area contributed by atoms with Crippen molar-refractivity contribution in [3.05, 3.63) is 59.9 Å². The van der Waals surface area contributed by atoms with Crippen LogP contribution in [0.5, 0.6) is 5.75 Å². The Bertz CT molecular complexity index is 900. The van der Waals surface area contributed by atoms with E-state index in [4.69, 9.17) is 4.74 Å². The van der Waals surface area contributed by atoms with E-state index >= 15 is 0 Å². The van der Waals surface area contributed by atoms with Gasteiger partial charge in [0.05, 0.1) is 25.1 Å². The number of methoxy groups -OCH3 is 1. The van der Waals surface area contributed by atoms with Gasteiger partial charge in [-0.15, -0.1) is 0 Å². The molecule has 0 bridgehead atoms. The van der Waals surface area contributed by atoms with Crippen LogP contribution in [0.2, 0.25) is 0 Å². The van der Waals surface area contributed by atoms with Crippen LogP contribution in [0, 0.1) is 23.6 Å². The number of benzene rings is 2. The van der Waals surface area contributed by atoms with Crippen LogP contribution in [0.3, 0.4) is 0 Å². The number of hydrogen-bond acceptors (Lipinski definition) is 3. The lowest BCUT2D eigenvalue weighted by atomic mass is 10.1. The number of halogens is 1. The molecule has 1 unspecified atom stereocenters. The van der Waals surface area contributed by atoms with Gasteiger partial charge in [-0.3, -0.25) is 9.59 Å². The van der Waals surface area contributed by atoms with Gasteiger partial charge in [0.15, 0.2) is 0 Å². The van der Waals surface area contributed by atoms with E-state index in [1.165, 1.54) is 6.07 Å². The van der Waals surface area contributed by atoms with Gasteiger partial charge in [0.2, 0.25) is 11.8 Å². The fraction of sp³-hybridized carbons (Fsp3) is 0.238. The van der Waals surface area contributed by atoms with Crippen LogP contribution >= 0.6 is 0 Å². The lowest BCUT2D eigenvalue weighted by Crippen LogP contribution is -2.33. The molecule has 0 saturated carbocycles. The van der Waals surface area contributed by atoms with Crippen LogP contribution < -0.4 is 15.0 Å². The first-order valence-electron chi connectivity index (χ1n) is 8.54. The average Bonchev–Trinajstić information content (AvgIpc) is 3.08. The Balaban J connectivity index is 1.55. The summed E-state index contributed by atoms with van der Waals surface area (Å²) >= 11 is 0. The molecule has 5 nitrogen and oxygen atoms in total. The first kappa shape index (κ1) is 18.5. The summed E-state index contributed by atoms with van der Waals surface area (Å²) in [7, 11) is 1.57. The van der Waals surface area contributed by atoms with Gasteiger partial charge >= 0.3 is 0 Å². The van der Waals surface area contributed by atoms with E-state index in [-0.39, 0.29) is 30.3 Å². The molecule has 1 atom stereocenters. The number of amides is 2. The monoisotopic (exact) mass is 366 g/mol. The van der Waals surface area contributed by atoms with Gasteiger partial charge in [-0.1, -0.05) is 24.0 Å². The molecule has 1 heterocycles. The third kappa shape index (κ3) is 4.45. The number of anilines is 1. The van der Waals surface area contributed by atoms with Crippen molar-refractivity contribution < 1.29 is 18.7 Å². The topological polar surface area (TPSA) is 58.6 Å². The molecule has 1 fully saturated rings. The lowest BCUT2D eigenvalue weighted by Gasteiger charge is -2.16. The summed E-state index contributed by atoms with van der Waals surface area (Å²) in [6, 6.07) is 13.3. The molecule has 0 radical (unpaired) electrons. The number of rotatable bonds is 4. The minimum atomic E-state index is -0.435. The average molecular weight is 366 g/mol.